The predicted molar refractivity (Wildman–Crippen MR) is 111 cm³/mol. The SMILES string of the molecule is Cc1ccc(-n2c(Cc3ccccc3)nnc2SCc2ccc(F)c(F)c2)cc1. The second-order valence-electron chi connectivity index (χ2n) is 6.77. The molecule has 0 aliphatic heterocycles. The molecule has 3 aromatic carbocycles. The molecule has 146 valence electrons. The van der Waals surface area contributed by atoms with Crippen molar-refractivity contribution in [2.24, 2.45) is 0 Å². The van der Waals surface area contributed by atoms with Gasteiger partial charge in [-0.2, -0.15) is 0 Å². The zero-order valence-electron chi connectivity index (χ0n) is 15.8. The summed E-state index contributed by atoms with van der Waals surface area (Å²) in [5, 5.41) is 9.50. The highest BCUT2D eigenvalue weighted by atomic mass is 32.2. The van der Waals surface area contributed by atoms with Crippen LogP contribution in [0.1, 0.15) is 22.5 Å². The number of thioether (sulfide) groups is 1. The monoisotopic (exact) mass is 407 g/mol. The lowest BCUT2D eigenvalue weighted by Gasteiger charge is -2.11. The van der Waals surface area contributed by atoms with Crippen LogP contribution in [0.15, 0.2) is 78.0 Å². The maximum absolute atomic E-state index is 13.5. The van der Waals surface area contributed by atoms with E-state index in [2.05, 4.69) is 22.3 Å². The number of nitrogens with zero attached hydrogens (tertiary/aromatic N) is 3. The van der Waals surface area contributed by atoms with Crippen LogP contribution >= 0.6 is 11.8 Å². The summed E-state index contributed by atoms with van der Waals surface area (Å²) in [5.41, 5.74) is 3.98. The Hall–Kier alpha value is -2.99. The van der Waals surface area contributed by atoms with E-state index in [0.717, 1.165) is 23.1 Å². The smallest absolute Gasteiger partial charge is 0.196 e. The quantitative estimate of drug-likeness (QED) is 0.382. The van der Waals surface area contributed by atoms with E-state index in [4.69, 9.17) is 0 Å². The summed E-state index contributed by atoms with van der Waals surface area (Å²) in [7, 11) is 0. The van der Waals surface area contributed by atoms with E-state index in [1.807, 2.05) is 54.0 Å². The Balaban J connectivity index is 1.65. The first-order valence-corrected chi connectivity index (χ1v) is 10.2. The Morgan fingerprint density at radius 3 is 2.31 bits per heavy atom. The molecule has 0 fully saturated rings. The maximum atomic E-state index is 13.5. The largest absolute Gasteiger partial charge is 0.274 e. The Morgan fingerprint density at radius 2 is 1.59 bits per heavy atom. The normalized spacial score (nSPS) is 11.0. The molecule has 0 aliphatic carbocycles. The van der Waals surface area contributed by atoms with Gasteiger partial charge in [-0.3, -0.25) is 4.57 Å². The maximum Gasteiger partial charge on any atom is 0.196 e. The average Bonchev–Trinajstić information content (AvgIpc) is 3.12. The van der Waals surface area contributed by atoms with Crippen molar-refractivity contribution in [1.82, 2.24) is 14.8 Å². The predicted octanol–water partition coefficient (Wildman–Crippen LogP) is 5.74. The van der Waals surface area contributed by atoms with Crippen LogP contribution in [0.25, 0.3) is 5.69 Å². The Labute approximate surface area is 172 Å². The van der Waals surface area contributed by atoms with E-state index in [-0.39, 0.29) is 0 Å². The van der Waals surface area contributed by atoms with Crippen LogP contribution in [-0.2, 0) is 12.2 Å². The van der Waals surface area contributed by atoms with Crippen LogP contribution in [0.2, 0.25) is 0 Å². The van der Waals surface area contributed by atoms with Gasteiger partial charge in [-0.05, 0) is 42.3 Å². The van der Waals surface area contributed by atoms with Gasteiger partial charge in [0.25, 0.3) is 0 Å². The molecule has 0 radical (unpaired) electrons. The first-order valence-electron chi connectivity index (χ1n) is 9.22. The molecule has 1 heterocycles. The molecule has 0 aliphatic rings. The Kier molecular flexibility index (Phi) is 5.71. The third-order valence-corrected chi connectivity index (χ3v) is 5.55. The molecule has 0 saturated heterocycles. The lowest BCUT2D eigenvalue weighted by atomic mass is 10.1. The molecule has 1 aromatic heterocycles. The summed E-state index contributed by atoms with van der Waals surface area (Å²) >= 11 is 1.45. The van der Waals surface area contributed by atoms with Crippen molar-refractivity contribution in [1.29, 1.82) is 0 Å². The first-order chi connectivity index (χ1) is 14.1. The molecule has 0 N–H and O–H groups in total. The zero-order chi connectivity index (χ0) is 20.2. The van der Waals surface area contributed by atoms with Crippen LogP contribution in [-0.4, -0.2) is 14.8 Å². The molecular formula is C23H19F2N3S. The molecule has 0 bridgehead atoms. The van der Waals surface area contributed by atoms with Crippen molar-refractivity contribution >= 4 is 11.8 Å². The van der Waals surface area contributed by atoms with Crippen LogP contribution in [0, 0.1) is 18.6 Å². The van der Waals surface area contributed by atoms with Crippen molar-refractivity contribution in [3.05, 3.63) is 107 Å². The van der Waals surface area contributed by atoms with Gasteiger partial charge in [-0.1, -0.05) is 65.9 Å². The molecule has 0 atom stereocenters. The fourth-order valence-electron chi connectivity index (χ4n) is 3.02. The van der Waals surface area contributed by atoms with Gasteiger partial charge in [-0.25, -0.2) is 8.78 Å². The van der Waals surface area contributed by atoms with E-state index < -0.39 is 11.6 Å². The summed E-state index contributed by atoms with van der Waals surface area (Å²) in [6.45, 7) is 2.04. The fraction of sp³-hybridized carbons (Fsp3) is 0.130. The molecule has 0 amide bonds. The molecule has 0 saturated carbocycles. The minimum Gasteiger partial charge on any atom is -0.274 e. The third kappa shape index (κ3) is 4.54. The average molecular weight is 407 g/mol. The van der Waals surface area contributed by atoms with E-state index in [9.17, 15) is 8.78 Å². The van der Waals surface area contributed by atoms with Gasteiger partial charge < -0.3 is 0 Å². The number of rotatable bonds is 6. The minimum atomic E-state index is -0.841. The fourth-order valence-corrected chi connectivity index (χ4v) is 3.93. The van der Waals surface area contributed by atoms with Crippen molar-refractivity contribution < 1.29 is 8.78 Å². The molecule has 29 heavy (non-hydrogen) atoms. The van der Waals surface area contributed by atoms with Crippen LogP contribution < -0.4 is 0 Å². The third-order valence-electron chi connectivity index (χ3n) is 4.55. The second kappa shape index (κ2) is 8.57. The lowest BCUT2D eigenvalue weighted by molar-refractivity contribution is 0.507. The number of halogens is 2. The standard InChI is InChI=1S/C23H19F2N3S/c1-16-7-10-19(11-8-16)28-22(14-17-5-3-2-4-6-17)26-27-23(28)29-15-18-9-12-20(24)21(25)13-18/h2-13H,14-15H2,1H3. The van der Waals surface area contributed by atoms with Crippen molar-refractivity contribution in [2.75, 3.05) is 0 Å². The van der Waals surface area contributed by atoms with Gasteiger partial charge in [0.1, 0.15) is 5.82 Å². The zero-order valence-corrected chi connectivity index (χ0v) is 16.7. The van der Waals surface area contributed by atoms with Gasteiger partial charge in [0.2, 0.25) is 0 Å². The molecule has 6 heteroatoms. The van der Waals surface area contributed by atoms with Crippen LogP contribution in [0.5, 0.6) is 0 Å². The highest BCUT2D eigenvalue weighted by Crippen LogP contribution is 2.27. The number of hydrogen-bond donors (Lipinski definition) is 0. The highest BCUT2D eigenvalue weighted by molar-refractivity contribution is 7.98. The Bertz CT molecular complexity index is 1110. The number of benzene rings is 3. The van der Waals surface area contributed by atoms with E-state index >= 15 is 0 Å². The molecule has 0 spiro atoms. The summed E-state index contributed by atoms with van der Waals surface area (Å²) in [6.07, 6.45) is 0.646. The number of hydrogen-bond acceptors (Lipinski definition) is 3. The van der Waals surface area contributed by atoms with E-state index in [1.54, 1.807) is 6.07 Å². The summed E-state index contributed by atoms with van der Waals surface area (Å²) < 4.78 is 28.7. The Morgan fingerprint density at radius 1 is 0.828 bits per heavy atom. The second-order valence-corrected chi connectivity index (χ2v) is 7.71. The van der Waals surface area contributed by atoms with Gasteiger partial charge in [0, 0.05) is 17.9 Å². The van der Waals surface area contributed by atoms with Gasteiger partial charge in [0.15, 0.2) is 16.8 Å². The molecular weight excluding hydrogens is 388 g/mol. The molecule has 4 aromatic rings. The van der Waals surface area contributed by atoms with Gasteiger partial charge >= 0.3 is 0 Å². The first kappa shape index (κ1) is 19.3. The van der Waals surface area contributed by atoms with E-state index in [1.165, 1.54) is 23.4 Å². The minimum absolute atomic E-state index is 0.465. The summed E-state index contributed by atoms with van der Waals surface area (Å²) in [5.74, 6) is -0.389. The summed E-state index contributed by atoms with van der Waals surface area (Å²) in [6, 6.07) is 22.2. The molecule has 3 nitrogen and oxygen atoms in total. The topological polar surface area (TPSA) is 30.7 Å². The number of aryl methyl sites for hydroxylation is 1. The summed E-state index contributed by atoms with van der Waals surface area (Å²) in [4.78, 5) is 0. The van der Waals surface area contributed by atoms with E-state index in [0.29, 0.717) is 22.9 Å². The lowest BCUT2D eigenvalue weighted by Crippen LogP contribution is -2.04. The van der Waals surface area contributed by atoms with Crippen LogP contribution in [0.4, 0.5) is 8.78 Å². The molecule has 0 unspecified atom stereocenters. The van der Waals surface area contributed by atoms with Gasteiger partial charge in [-0.15, -0.1) is 10.2 Å². The van der Waals surface area contributed by atoms with Crippen molar-refractivity contribution in [2.45, 2.75) is 24.3 Å². The van der Waals surface area contributed by atoms with Crippen molar-refractivity contribution in [3.8, 4) is 5.69 Å². The van der Waals surface area contributed by atoms with Crippen molar-refractivity contribution in [3.63, 3.8) is 0 Å². The van der Waals surface area contributed by atoms with Crippen LogP contribution in [0.3, 0.4) is 0 Å². The highest BCUT2D eigenvalue weighted by Gasteiger charge is 2.15. The van der Waals surface area contributed by atoms with Gasteiger partial charge in [0.05, 0.1) is 0 Å². The number of aromatic nitrogens is 3. The molecule has 4 rings (SSSR count).